The Balaban J connectivity index is 1.86. The molecule has 0 aromatic heterocycles. The molecule has 2 aliphatic rings. The Hall–Kier alpha value is -0.690. The molecule has 6 heteroatoms. The lowest BCUT2D eigenvalue weighted by atomic mass is 9.46. The molecule has 1 aliphatic heterocycles. The van der Waals surface area contributed by atoms with Crippen molar-refractivity contribution in [2.45, 2.75) is 38.3 Å². The van der Waals surface area contributed by atoms with Crippen molar-refractivity contribution in [3.05, 3.63) is 0 Å². The van der Waals surface area contributed by atoms with Crippen LogP contribution in [-0.2, 0) is 14.3 Å². The van der Waals surface area contributed by atoms with E-state index in [9.17, 15) is 4.79 Å². The van der Waals surface area contributed by atoms with Gasteiger partial charge in [0.05, 0.1) is 12.7 Å². The highest BCUT2D eigenvalue weighted by molar-refractivity contribution is 5.89. The number of rotatable bonds is 7. The molecular formula is C16H31N3O3. The lowest BCUT2D eigenvalue weighted by Gasteiger charge is -2.65. The summed E-state index contributed by atoms with van der Waals surface area (Å²) in [6.07, 6.45) is 2.08. The fourth-order valence-electron chi connectivity index (χ4n) is 3.90. The van der Waals surface area contributed by atoms with Crippen molar-refractivity contribution in [1.82, 2.24) is 10.2 Å². The van der Waals surface area contributed by atoms with Crippen molar-refractivity contribution in [1.29, 1.82) is 0 Å². The average Bonchev–Trinajstić information content (AvgIpc) is 2.51. The van der Waals surface area contributed by atoms with Gasteiger partial charge in [-0.15, -0.1) is 0 Å². The minimum Gasteiger partial charge on any atom is -0.383 e. The van der Waals surface area contributed by atoms with Gasteiger partial charge in [0.2, 0.25) is 5.91 Å². The van der Waals surface area contributed by atoms with Crippen LogP contribution >= 0.6 is 0 Å². The monoisotopic (exact) mass is 313 g/mol. The SMILES string of the molecule is COCCN(C)CCNC(=O)C1(N)C2CCCOC2C1(C)C. The van der Waals surface area contributed by atoms with Crippen LogP contribution in [0.1, 0.15) is 26.7 Å². The fraction of sp³-hybridized carbons (Fsp3) is 0.938. The molecule has 0 aromatic rings. The van der Waals surface area contributed by atoms with Crippen LogP contribution in [-0.4, -0.2) is 69.5 Å². The maximum atomic E-state index is 12.7. The highest BCUT2D eigenvalue weighted by Crippen LogP contribution is 2.57. The number of carbonyl (C=O) groups excluding carboxylic acids is 1. The molecule has 22 heavy (non-hydrogen) atoms. The number of hydrogen-bond acceptors (Lipinski definition) is 5. The molecule has 128 valence electrons. The van der Waals surface area contributed by atoms with E-state index in [1.807, 2.05) is 20.9 Å². The summed E-state index contributed by atoms with van der Waals surface area (Å²) in [7, 11) is 3.71. The Morgan fingerprint density at radius 2 is 2.18 bits per heavy atom. The van der Waals surface area contributed by atoms with Gasteiger partial charge in [-0.05, 0) is 19.9 Å². The molecule has 3 atom stereocenters. The van der Waals surface area contributed by atoms with E-state index in [0.29, 0.717) is 13.2 Å². The van der Waals surface area contributed by atoms with Crippen molar-refractivity contribution >= 4 is 5.91 Å². The molecule has 3 unspecified atom stereocenters. The first kappa shape index (κ1) is 17.7. The van der Waals surface area contributed by atoms with Crippen molar-refractivity contribution in [3.63, 3.8) is 0 Å². The molecule has 0 spiro atoms. The van der Waals surface area contributed by atoms with Gasteiger partial charge in [0.1, 0.15) is 5.54 Å². The van der Waals surface area contributed by atoms with E-state index in [-0.39, 0.29) is 23.3 Å². The number of nitrogens with zero attached hydrogens (tertiary/aromatic N) is 1. The van der Waals surface area contributed by atoms with Crippen LogP contribution in [0, 0.1) is 11.3 Å². The Morgan fingerprint density at radius 1 is 1.45 bits per heavy atom. The average molecular weight is 313 g/mol. The summed E-state index contributed by atoms with van der Waals surface area (Å²) < 4.78 is 10.9. The Labute approximate surface area is 133 Å². The predicted octanol–water partition coefficient (Wildman–Crippen LogP) is 0.213. The predicted molar refractivity (Wildman–Crippen MR) is 85.5 cm³/mol. The maximum absolute atomic E-state index is 12.7. The first-order valence-electron chi connectivity index (χ1n) is 8.22. The normalized spacial score (nSPS) is 33.2. The van der Waals surface area contributed by atoms with Crippen molar-refractivity contribution in [2.24, 2.45) is 17.1 Å². The molecule has 3 N–H and O–H groups in total. The number of nitrogens with two attached hydrogens (primary N) is 1. The van der Waals surface area contributed by atoms with Crippen LogP contribution < -0.4 is 11.1 Å². The largest absolute Gasteiger partial charge is 0.383 e. The molecule has 0 radical (unpaired) electrons. The smallest absolute Gasteiger partial charge is 0.241 e. The highest BCUT2D eigenvalue weighted by atomic mass is 16.5. The third-order valence-electron chi connectivity index (χ3n) is 5.52. The molecule has 1 heterocycles. The van der Waals surface area contributed by atoms with E-state index in [1.54, 1.807) is 7.11 Å². The molecule has 1 saturated heterocycles. The molecular weight excluding hydrogens is 282 g/mol. The number of amides is 1. The van der Waals surface area contributed by atoms with Crippen molar-refractivity contribution in [3.8, 4) is 0 Å². The number of likely N-dealkylation sites (N-methyl/N-ethyl adjacent to an activating group) is 1. The van der Waals surface area contributed by atoms with Gasteiger partial charge in [0, 0.05) is 44.7 Å². The van der Waals surface area contributed by atoms with Crippen LogP contribution in [0.15, 0.2) is 0 Å². The summed E-state index contributed by atoms with van der Waals surface area (Å²) in [5, 5.41) is 3.02. The second-order valence-electron chi connectivity index (χ2n) is 7.18. The topological polar surface area (TPSA) is 76.8 Å². The van der Waals surface area contributed by atoms with Crippen molar-refractivity contribution < 1.29 is 14.3 Å². The zero-order valence-corrected chi connectivity index (χ0v) is 14.4. The van der Waals surface area contributed by atoms with Gasteiger partial charge in [-0.2, -0.15) is 0 Å². The molecule has 1 saturated carbocycles. The highest BCUT2D eigenvalue weighted by Gasteiger charge is 2.70. The van der Waals surface area contributed by atoms with E-state index in [1.165, 1.54) is 0 Å². The minimum absolute atomic E-state index is 0.0376. The van der Waals surface area contributed by atoms with Crippen LogP contribution in [0.3, 0.4) is 0 Å². The zero-order chi connectivity index (χ0) is 16.4. The summed E-state index contributed by atoms with van der Waals surface area (Å²) in [4.78, 5) is 14.8. The van der Waals surface area contributed by atoms with Crippen LogP contribution in [0.25, 0.3) is 0 Å². The Bertz CT molecular complexity index is 402. The summed E-state index contributed by atoms with van der Waals surface area (Å²) in [5.74, 6) is 0.104. The number of carbonyl (C=O) groups is 1. The summed E-state index contributed by atoms with van der Waals surface area (Å²) >= 11 is 0. The fourth-order valence-corrected chi connectivity index (χ4v) is 3.90. The van der Waals surface area contributed by atoms with Gasteiger partial charge in [0.15, 0.2) is 0 Å². The maximum Gasteiger partial charge on any atom is 0.241 e. The molecule has 0 aromatic carbocycles. The first-order valence-corrected chi connectivity index (χ1v) is 8.22. The van der Waals surface area contributed by atoms with E-state index in [2.05, 4.69) is 10.2 Å². The van der Waals surface area contributed by atoms with Crippen LogP contribution in [0.4, 0.5) is 0 Å². The molecule has 2 fully saturated rings. The number of ether oxygens (including phenoxy) is 2. The lowest BCUT2D eigenvalue weighted by Crippen LogP contribution is -2.82. The lowest BCUT2D eigenvalue weighted by molar-refractivity contribution is -0.225. The molecule has 6 nitrogen and oxygen atoms in total. The zero-order valence-electron chi connectivity index (χ0n) is 14.4. The molecule has 0 bridgehead atoms. The Kier molecular flexibility index (Phi) is 5.48. The minimum atomic E-state index is -0.816. The van der Waals surface area contributed by atoms with Gasteiger partial charge in [-0.1, -0.05) is 13.8 Å². The third-order valence-corrected chi connectivity index (χ3v) is 5.52. The van der Waals surface area contributed by atoms with Crippen LogP contribution in [0.2, 0.25) is 0 Å². The molecule has 1 amide bonds. The quantitative estimate of drug-likeness (QED) is 0.703. The number of fused-ring (bicyclic) bond motifs is 1. The summed E-state index contributed by atoms with van der Waals surface area (Å²) in [6.45, 7) is 7.81. The van der Waals surface area contributed by atoms with Crippen LogP contribution in [0.5, 0.6) is 0 Å². The number of hydrogen-bond donors (Lipinski definition) is 2. The molecule has 2 rings (SSSR count). The number of methoxy groups -OCH3 is 1. The van der Waals surface area contributed by atoms with Gasteiger partial charge in [-0.25, -0.2) is 0 Å². The molecule has 1 aliphatic carbocycles. The van der Waals surface area contributed by atoms with Gasteiger partial charge >= 0.3 is 0 Å². The van der Waals surface area contributed by atoms with E-state index >= 15 is 0 Å². The van der Waals surface area contributed by atoms with E-state index in [0.717, 1.165) is 32.5 Å². The van der Waals surface area contributed by atoms with E-state index in [4.69, 9.17) is 15.2 Å². The van der Waals surface area contributed by atoms with Gasteiger partial charge in [0.25, 0.3) is 0 Å². The van der Waals surface area contributed by atoms with E-state index < -0.39 is 5.54 Å². The van der Waals surface area contributed by atoms with Crippen molar-refractivity contribution in [2.75, 3.05) is 47.0 Å². The standard InChI is InChI=1S/C16H31N3O3/c1-15(2)13-12(6-5-10-22-13)16(15,17)14(20)18-7-8-19(3)9-11-21-4/h12-13H,5-11,17H2,1-4H3,(H,18,20). The second kappa shape index (κ2) is 6.83. The summed E-state index contributed by atoms with van der Waals surface area (Å²) in [6, 6.07) is 0. The second-order valence-corrected chi connectivity index (χ2v) is 7.18. The van der Waals surface area contributed by atoms with Gasteiger partial charge in [-0.3, -0.25) is 4.79 Å². The Morgan fingerprint density at radius 3 is 2.86 bits per heavy atom. The first-order chi connectivity index (χ1) is 10.4. The summed E-state index contributed by atoms with van der Waals surface area (Å²) in [5.41, 5.74) is 5.42. The van der Waals surface area contributed by atoms with Gasteiger partial charge < -0.3 is 25.4 Å². The number of nitrogens with one attached hydrogen (secondary N) is 1. The third kappa shape index (κ3) is 2.89.